The number of benzene rings is 4. The maximum Gasteiger partial charge on any atom is 0.172 e. The number of ketones is 1. The number of hydrogen-bond acceptors (Lipinski definition) is 6. The minimum atomic E-state index is -0.938. The number of nitrogens with one attached hydrogen (secondary N) is 1. The Bertz CT molecular complexity index is 1720. The zero-order chi connectivity index (χ0) is 40.1. The van der Waals surface area contributed by atoms with Gasteiger partial charge in [-0.3, -0.25) is 0 Å². The van der Waals surface area contributed by atoms with Crippen molar-refractivity contribution in [3.63, 3.8) is 0 Å². The third kappa shape index (κ3) is 15.6. The summed E-state index contributed by atoms with van der Waals surface area (Å²) in [5, 5.41) is 12.7. The lowest BCUT2D eigenvalue weighted by Crippen LogP contribution is -2.36. The van der Waals surface area contributed by atoms with Crippen molar-refractivity contribution < 1.29 is 18.7 Å². The molecule has 53 heavy (non-hydrogen) atoms. The molecule has 2 unspecified atom stereocenters. The van der Waals surface area contributed by atoms with Crippen molar-refractivity contribution in [1.82, 2.24) is 4.90 Å². The first kappa shape index (κ1) is 45.9. The number of nitrogens with zero attached hydrogens (tertiary/aromatic N) is 1. The van der Waals surface area contributed by atoms with Gasteiger partial charge in [-0.2, -0.15) is 0 Å². The van der Waals surface area contributed by atoms with Gasteiger partial charge in [-0.25, -0.2) is 8.78 Å². The van der Waals surface area contributed by atoms with Gasteiger partial charge < -0.3 is 31.6 Å². The van der Waals surface area contributed by atoms with Crippen molar-refractivity contribution in [2.45, 2.75) is 100 Å². The third-order valence-corrected chi connectivity index (χ3v) is 8.39. The molecule has 0 aliphatic carbocycles. The summed E-state index contributed by atoms with van der Waals surface area (Å²) in [6.07, 6.45) is 5.97. The molecule has 1 aliphatic heterocycles. The number of phenolic OH excluding ortho intramolecular Hbond substituents is 1. The Balaban J connectivity index is 0.000000528. The van der Waals surface area contributed by atoms with E-state index in [9.17, 15) is 18.7 Å². The second-order valence-corrected chi connectivity index (χ2v) is 13.1. The highest BCUT2D eigenvalue weighted by molar-refractivity contribution is 5.72. The second-order valence-electron chi connectivity index (χ2n) is 13.1. The summed E-state index contributed by atoms with van der Waals surface area (Å²) in [7, 11) is 0. The lowest BCUT2D eigenvalue weighted by atomic mass is 9.93. The number of carbonyl (C=O) groups is 1. The number of phenols is 1. The minimum Gasteiger partial charge on any atom is -0.505 e. The minimum absolute atomic E-state index is 0.0731. The van der Waals surface area contributed by atoms with E-state index < -0.39 is 17.4 Å². The molecule has 0 spiro atoms. The molecule has 0 fully saturated rings. The summed E-state index contributed by atoms with van der Waals surface area (Å²) in [4.78, 5) is 11.7. The first-order chi connectivity index (χ1) is 25.2. The molecule has 0 aromatic heterocycles. The largest absolute Gasteiger partial charge is 0.505 e. The molecule has 6 N–H and O–H groups in total. The fourth-order valence-corrected chi connectivity index (χ4v) is 5.78. The Labute approximate surface area is 317 Å². The molecule has 0 amide bonds. The van der Waals surface area contributed by atoms with Gasteiger partial charge in [-0.15, -0.1) is 0 Å². The maximum atomic E-state index is 14.1. The molecule has 0 radical (unpaired) electrons. The molecule has 1 heterocycles. The Morgan fingerprint density at radius 2 is 1.62 bits per heavy atom. The monoisotopic (exact) mass is 728 g/mol. The lowest BCUT2D eigenvalue weighted by molar-refractivity contribution is -0.115. The number of nitrogens with two attached hydrogens (primary N) is 2. The molecule has 4 aromatic carbocycles. The van der Waals surface area contributed by atoms with Crippen LogP contribution in [0.5, 0.6) is 5.75 Å². The normalized spacial score (nSPS) is 13.0. The van der Waals surface area contributed by atoms with Crippen LogP contribution in [-0.4, -0.2) is 21.8 Å². The molecular formula is C45H62F2N4O2. The fraction of sp³-hybridized carbons (Fsp3) is 0.356. The van der Waals surface area contributed by atoms with Gasteiger partial charge in [0, 0.05) is 41.8 Å². The number of halogens is 2. The molecule has 8 heteroatoms. The van der Waals surface area contributed by atoms with Crippen LogP contribution in [0.1, 0.15) is 94.7 Å². The molecule has 0 saturated carbocycles. The summed E-state index contributed by atoms with van der Waals surface area (Å²) in [5.41, 5.74) is 18.6. The zero-order valence-electron chi connectivity index (χ0n) is 33.1. The van der Waals surface area contributed by atoms with Crippen LogP contribution in [0.3, 0.4) is 0 Å². The van der Waals surface area contributed by atoms with Crippen molar-refractivity contribution in [2.24, 2.45) is 11.7 Å². The average Bonchev–Trinajstić information content (AvgIpc) is 3.12. The number of aromatic hydroxyl groups is 1. The van der Waals surface area contributed by atoms with Crippen LogP contribution in [0.15, 0.2) is 98.2 Å². The van der Waals surface area contributed by atoms with Crippen LogP contribution in [0.25, 0.3) is 5.70 Å². The highest BCUT2D eigenvalue weighted by atomic mass is 19.1. The summed E-state index contributed by atoms with van der Waals surface area (Å²) in [6.45, 7) is 23.9. The average molecular weight is 729 g/mol. The summed E-state index contributed by atoms with van der Waals surface area (Å²) < 4.78 is 28.2. The van der Waals surface area contributed by atoms with E-state index in [0.717, 1.165) is 59.2 Å². The number of aryl methyl sites for hydroxylation is 1. The summed E-state index contributed by atoms with van der Waals surface area (Å²) >= 11 is 0. The quantitative estimate of drug-likeness (QED) is 0.128. The number of rotatable bonds is 9. The van der Waals surface area contributed by atoms with Crippen LogP contribution >= 0.6 is 0 Å². The van der Waals surface area contributed by atoms with E-state index in [0.29, 0.717) is 6.04 Å². The number of carbonyl (C=O) groups excluding carboxylic acids is 1. The Morgan fingerprint density at radius 3 is 2.21 bits per heavy atom. The molecule has 4 aromatic rings. The first-order valence-corrected chi connectivity index (χ1v) is 18.4. The van der Waals surface area contributed by atoms with E-state index in [1.807, 2.05) is 51.1 Å². The standard InChI is InChI=1S/C26H26F2N2O.C12H19N.C3H6O.C2H5N.C2H6/c1-16-8-9-19(13-24(16)29-14-22-23(27)10-11-25(31)26(22)28)18(3)30-15-21-7-5-4-6-20(21)12-17(30)2;1-3-4-10(2)9-11-5-7-12(13)8-6-11;1-3(2)4;1-2-3;1-2/h4-11,13,17,29,31H,3,12,14-15H2,1-2H3;5-8,10H,3-4,9,13H2,1-2H3;1-2H3;2H,1,3H2;1-2H3. The van der Waals surface area contributed by atoms with E-state index in [1.54, 1.807) is 0 Å². The number of nitrogen functional groups attached to an aromatic ring is 1. The van der Waals surface area contributed by atoms with Crippen molar-refractivity contribution in [3.8, 4) is 5.75 Å². The second kappa shape index (κ2) is 24.2. The van der Waals surface area contributed by atoms with E-state index in [-0.39, 0.29) is 17.9 Å². The van der Waals surface area contributed by atoms with E-state index in [1.165, 1.54) is 56.0 Å². The molecule has 1 aliphatic rings. The fourth-order valence-electron chi connectivity index (χ4n) is 5.78. The molecule has 5 rings (SSSR count). The SMILES string of the molecule is C=C(c1ccc(C)c(NCc2c(F)ccc(O)c2F)c1)N1Cc2ccccc2CC1C.C=CN.CC.CC(C)=O.CCCC(C)Cc1ccc(N)cc1. The van der Waals surface area contributed by atoms with Gasteiger partial charge in [-0.1, -0.05) is 102 Å². The molecule has 6 nitrogen and oxygen atoms in total. The van der Waals surface area contributed by atoms with Crippen LogP contribution < -0.4 is 16.8 Å². The number of hydrogen-bond donors (Lipinski definition) is 4. The smallest absolute Gasteiger partial charge is 0.172 e. The summed E-state index contributed by atoms with van der Waals surface area (Å²) in [5.74, 6) is -1.24. The van der Waals surface area contributed by atoms with Gasteiger partial charge in [0.2, 0.25) is 0 Å². The molecule has 0 saturated heterocycles. The van der Waals surface area contributed by atoms with Gasteiger partial charge >= 0.3 is 0 Å². The van der Waals surface area contributed by atoms with Crippen LogP contribution in [0.2, 0.25) is 0 Å². The van der Waals surface area contributed by atoms with Gasteiger partial charge in [0.05, 0.1) is 0 Å². The van der Waals surface area contributed by atoms with Gasteiger partial charge in [0.25, 0.3) is 0 Å². The molecular weight excluding hydrogens is 667 g/mol. The van der Waals surface area contributed by atoms with Crippen LogP contribution in [-0.2, 0) is 30.7 Å². The van der Waals surface area contributed by atoms with Gasteiger partial charge in [0.15, 0.2) is 11.6 Å². The van der Waals surface area contributed by atoms with Gasteiger partial charge in [-0.05, 0) is 111 Å². The predicted octanol–water partition coefficient (Wildman–Crippen LogP) is 11.0. The Morgan fingerprint density at radius 1 is 1.04 bits per heavy atom. The number of fused-ring (bicyclic) bond motifs is 1. The van der Waals surface area contributed by atoms with Crippen LogP contribution in [0.4, 0.5) is 20.2 Å². The maximum absolute atomic E-state index is 14.1. The van der Waals surface area contributed by atoms with E-state index in [2.05, 4.69) is 86.3 Å². The zero-order valence-corrected chi connectivity index (χ0v) is 33.1. The van der Waals surface area contributed by atoms with Crippen molar-refractivity contribution >= 4 is 22.9 Å². The van der Waals surface area contributed by atoms with Gasteiger partial charge in [0.1, 0.15) is 11.6 Å². The topological polar surface area (TPSA) is 105 Å². The van der Waals surface area contributed by atoms with Crippen LogP contribution in [0, 0.1) is 24.5 Å². The molecule has 0 bridgehead atoms. The van der Waals surface area contributed by atoms with E-state index >= 15 is 0 Å². The third-order valence-electron chi connectivity index (χ3n) is 8.39. The van der Waals surface area contributed by atoms with Crippen molar-refractivity contribution in [2.75, 3.05) is 11.1 Å². The number of Topliss-reactive ketones (excluding diaryl/α,β-unsaturated/α-hetero) is 1. The number of anilines is 2. The van der Waals surface area contributed by atoms with E-state index in [4.69, 9.17) is 5.73 Å². The van der Waals surface area contributed by atoms with Crippen molar-refractivity contribution in [3.05, 3.63) is 143 Å². The Hall–Kier alpha value is -5.11. The highest BCUT2D eigenvalue weighted by Crippen LogP contribution is 2.32. The predicted molar refractivity (Wildman–Crippen MR) is 221 cm³/mol. The highest BCUT2D eigenvalue weighted by Gasteiger charge is 2.24. The first-order valence-electron chi connectivity index (χ1n) is 18.4. The lowest BCUT2D eigenvalue weighted by Gasteiger charge is -2.38. The summed E-state index contributed by atoms with van der Waals surface area (Å²) in [6, 6.07) is 25.0. The molecule has 2 atom stereocenters. The Kier molecular flexibility index (Phi) is 21.0. The molecule has 288 valence electrons. The van der Waals surface area contributed by atoms with Crippen molar-refractivity contribution in [1.29, 1.82) is 0 Å².